The van der Waals surface area contributed by atoms with Crippen LogP contribution in [0.25, 0.3) is 0 Å². The van der Waals surface area contributed by atoms with Crippen LogP contribution in [-0.4, -0.2) is 17.8 Å². The Kier molecular flexibility index (Phi) is 5.78. The molecule has 0 radical (unpaired) electrons. The number of anilines is 1. The van der Waals surface area contributed by atoms with Crippen LogP contribution < -0.4 is 9.64 Å². The van der Waals surface area contributed by atoms with Crippen LogP contribution in [0.2, 0.25) is 0 Å². The molecule has 34 heavy (non-hydrogen) atoms. The summed E-state index contributed by atoms with van der Waals surface area (Å²) in [5.74, 6) is -0.735. The number of amides is 2. The van der Waals surface area contributed by atoms with Gasteiger partial charge in [0, 0.05) is 0 Å². The highest BCUT2D eigenvalue weighted by Crippen LogP contribution is 2.45. The minimum Gasteiger partial charge on any atom is -0.423 e. The van der Waals surface area contributed by atoms with E-state index in [9.17, 15) is 14.4 Å². The number of benzene rings is 3. The molecule has 172 valence electrons. The molecule has 0 spiro atoms. The van der Waals surface area contributed by atoms with E-state index in [0.29, 0.717) is 29.8 Å². The largest absolute Gasteiger partial charge is 0.423 e. The first-order valence-electron chi connectivity index (χ1n) is 11.7. The van der Waals surface area contributed by atoms with E-state index in [1.165, 1.54) is 10.5 Å². The van der Waals surface area contributed by atoms with Gasteiger partial charge in [-0.15, -0.1) is 0 Å². The van der Waals surface area contributed by atoms with Crippen LogP contribution in [0.5, 0.6) is 5.75 Å². The maximum Gasteiger partial charge on any atom is 0.343 e. The summed E-state index contributed by atoms with van der Waals surface area (Å²) in [6, 6.07) is 22.3. The molecule has 3 aromatic rings. The summed E-state index contributed by atoms with van der Waals surface area (Å²) >= 11 is 0. The second kappa shape index (κ2) is 8.90. The summed E-state index contributed by atoms with van der Waals surface area (Å²) in [4.78, 5) is 40.6. The highest BCUT2D eigenvalue weighted by Gasteiger charge is 2.50. The number of nitrogens with zero attached hydrogens (tertiary/aromatic N) is 1. The third-order valence-electron chi connectivity index (χ3n) is 7.23. The molecule has 0 N–H and O–H groups in total. The Hall–Kier alpha value is -3.73. The lowest BCUT2D eigenvalue weighted by molar-refractivity contribution is -0.122. The monoisotopic (exact) mass is 453 g/mol. The van der Waals surface area contributed by atoms with Gasteiger partial charge < -0.3 is 4.74 Å². The van der Waals surface area contributed by atoms with Crippen LogP contribution in [0.4, 0.5) is 5.69 Å². The van der Waals surface area contributed by atoms with Crippen LogP contribution in [0, 0.1) is 25.7 Å². The Balaban J connectivity index is 1.35. The summed E-state index contributed by atoms with van der Waals surface area (Å²) in [7, 11) is 0. The van der Waals surface area contributed by atoms with E-state index in [1.54, 1.807) is 30.3 Å². The van der Waals surface area contributed by atoms with Gasteiger partial charge in [-0.05, 0) is 86.1 Å². The molecule has 2 fully saturated rings. The second-order valence-corrected chi connectivity index (χ2v) is 9.33. The van der Waals surface area contributed by atoms with Crippen molar-refractivity contribution in [2.75, 3.05) is 4.90 Å². The quantitative estimate of drug-likeness (QED) is 0.293. The van der Waals surface area contributed by atoms with Gasteiger partial charge in [0.1, 0.15) is 5.75 Å². The number of aryl methyl sites for hydroxylation is 2. The number of hydrogen-bond donors (Lipinski definition) is 0. The fourth-order valence-electron chi connectivity index (χ4n) is 5.18. The number of rotatable bonds is 4. The number of hydrogen-bond acceptors (Lipinski definition) is 4. The van der Waals surface area contributed by atoms with E-state index in [0.717, 1.165) is 17.5 Å². The van der Waals surface area contributed by atoms with Gasteiger partial charge in [-0.3, -0.25) is 14.5 Å². The lowest BCUT2D eigenvalue weighted by Crippen LogP contribution is -2.31. The number of imide groups is 1. The maximum atomic E-state index is 13.4. The number of ether oxygens (including phenoxy) is 1. The van der Waals surface area contributed by atoms with Gasteiger partial charge >= 0.3 is 5.97 Å². The smallest absolute Gasteiger partial charge is 0.343 e. The zero-order valence-corrected chi connectivity index (χ0v) is 19.4. The molecular formula is C29H27NO4. The Labute approximate surface area is 199 Å². The van der Waals surface area contributed by atoms with Gasteiger partial charge in [-0.25, -0.2) is 4.79 Å². The number of esters is 1. The van der Waals surface area contributed by atoms with E-state index in [2.05, 4.69) is 12.1 Å². The van der Waals surface area contributed by atoms with Crippen molar-refractivity contribution in [3.63, 3.8) is 0 Å². The Bertz CT molecular complexity index is 1270. The van der Waals surface area contributed by atoms with E-state index >= 15 is 0 Å². The van der Waals surface area contributed by atoms with E-state index in [1.807, 2.05) is 44.2 Å². The molecule has 0 unspecified atom stereocenters. The zero-order valence-electron chi connectivity index (χ0n) is 19.4. The number of carbonyl (C=O) groups excluding carboxylic acids is 3. The molecule has 3 aromatic carbocycles. The van der Waals surface area contributed by atoms with Gasteiger partial charge in [0.15, 0.2) is 0 Å². The van der Waals surface area contributed by atoms with Gasteiger partial charge in [0.25, 0.3) is 0 Å². The molecular weight excluding hydrogens is 426 g/mol. The molecule has 1 saturated heterocycles. The van der Waals surface area contributed by atoms with Crippen molar-refractivity contribution in [3.8, 4) is 5.75 Å². The summed E-state index contributed by atoms with van der Waals surface area (Å²) in [6.07, 6.45) is 2.25. The third kappa shape index (κ3) is 4.03. The van der Waals surface area contributed by atoms with Crippen molar-refractivity contribution in [2.45, 2.75) is 39.0 Å². The van der Waals surface area contributed by atoms with Gasteiger partial charge in [0.2, 0.25) is 11.8 Å². The average Bonchev–Trinajstić information content (AvgIpc) is 3.11. The first kappa shape index (κ1) is 22.1. The van der Waals surface area contributed by atoms with Crippen molar-refractivity contribution in [1.29, 1.82) is 0 Å². The third-order valence-corrected chi connectivity index (χ3v) is 7.23. The van der Waals surface area contributed by atoms with E-state index < -0.39 is 5.97 Å². The molecule has 5 rings (SSSR count). The van der Waals surface area contributed by atoms with Gasteiger partial charge in [-0.2, -0.15) is 0 Å². The molecule has 0 bridgehead atoms. The van der Waals surface area contributed by atoms with Crippen LogP contribution in [-0.2, 0) is 9.59 Å². The molecule has 1 aliphatic heterocycles. The van der Waals surface area contributed by atoms with Crippen LogP contribution in [0.1, 0.15) is 52.2 Å². The molecule has 1 saturated carbocycles. The summed E-state index contributed by atoms with van der Waals surface area (Å²) < 4.78 is 5.54. The molecule has 2 amide bonds. The molecule has 5 heteroatoms. The molecule has 5 nitrogen and oxygen atoms in total. The normalized spacial score (nSPS) is 21.9. The van der Waals surface area contributed by atoms with Crippen molar-refractivity contribution in [2.24, 2.45) is 11.8 Å². The van der Waals surface area contributed by atoms with E-state index in [-0.39, 0.29) is 29.6 Å². The lowest BCUT2D eigenvalue weighted by Gasteiger charge is -2.28. The van der Waals surface area contributed by atoms with Crippen molar-refractivity contribution in [3.05, 3.63) is 95.1 Å². The standard InChI is InChI=1S/C29H27NO4/c1-18-11-13-24(15-19(18)2)34-29(33)22-9-6-10-23(16-22)30-27(31)25-14-12-21(17-26(25)28(30)32)20-7-4-3-5-8-20/h3-11,13,15-16,21,25-26H,12,14,17H2,1-2H3/t21-,25-,26+/m1/s1. The summed E-state index contributed by atoms with van der Waals surface area (Å²) in [6.45, 7) is 3.95. The summed E-state index contributed by atoms with van der Waals surface area (Å²) in [5, 5.41) is 0. The molecule has 1 heterocycles. The highest BCUT2D eigenvalue weighted by molar-refractivity contribution is 6.22. The Morgan fingerprint density at radius 2 is 1.59 bits per heavy atom. The van der Waals surface area contributed by atoms with Crippen molar-refractivity contribution >= 4 is 23.5 Å². The van der Waals surface area contributed by atoms with Crippen LogP contribution in [0.15, 0.2) is 72.8 Å². The zero-order chi connectivity index (χ0) is 23.8. The summed E-state index contributed by atoms with van der Waals surface area (Å²) in [5.41, 5.74) is 4.09. The fourth-order valence-corrected chi connectivity index (χ4v) is 5.18. The van der Waals surface area contributed by atoms with Crippen LogP contribution in [0.3, 0.4) is 0 Å². The first-order valence-corrected chi connectivity index (χ1v) is 11.7. The van der Waals surface area contributed by atoms with Crippen molar-refractivity contribution in [1.82, 2.24) is 0 Å². The van der Waals surface area contributed by atoms with Gasteiger partial charge in [-0.1, -0.05) is 42.5 Å². The minimum absolute atomic E-state index is 0.166. The van der Waals surface area contributed by atoms with E-state index in [4.69, 9.17) is 4.74 Å². The van der Waals surface area contributed by atoms with Gasteiger partial charge in [0.05, 0.1) is 23.1 Å². The predicted molar refractivity (Wildman–Crippen MR) is 130 cm³/mol. The van der Waals surface area contributed by atoms with Crippen molar-refractivity contribution < 1.29 is 19.1 Å². The van der Waals surface area contributed by atoms with Crippen LogP contribution >= 0.6 is 0 Å². The second-order valence-electron chi connectivity index (χ2n) is 9.33. The fraction of sp³-hybridized carbons (Fsp3) is 0.276. The number of fused-ring (bicyclic) bond motifs is 1. The minimum atomic E-state index is -0.522. The molecule has 2 aliphatic rings. The Morgan fingerprint density at radius 3 is 2.35 bits per heavy atom. The Morgan fingerprint density at radius 1 is 0.824 bits per heavy atom. The maximum absolute atomic E-state index is 13.4. The number of carbonyl (C=O) groups is 3. The average molecular weight is 454 g/mol. The molecule has 0 aromatic heterocycles. The lowest BCUT2D eigenvalue weighted by atomic mass is 9.73. The first-order chi connectivity index (χ1) is 16.4. The predicted octanol–water partition coefficient (Wildman–Crippen LogP) is 5.60. The topological polar surface area (TPSA) is 63.7 Å². The molecule has 3 atom stereocenters. The molecule has 1 aliphatic carbocycles. The highest BCUT2D eigenvalue weighted by atomic mass is 16.5. The SMILES string of the molecule is Cc1ccc(OC(=O)c2cccc(N3C(=O)[C@H]4C[C@H](c5ccccc5)CC[C@H]4C3=O)c2)cc1C.